The maximum Gasteiger partial charge on any atom is 0.253 e. The van der Waals surface area contributed by atoms with Crippen LogP contribution in [0.25, 0.3) is 11.3 Å². The van der Waals surface area contributed by atoms with E-state index in [4.69, 9.17) is 0 Å². The number of carbonyl (C=O) groups is 1. The standard InChI is InChI=1S/C24H24N6O/c1-30-16-20(29-17-30)10-12-26-22-7-3-2-6-21(22)23-9-8-19(15-27-23)24(31)28-14-18-5-4-11-25-13-18/h2-9,11,13,15-17,26H,10,12,14H2,1H3,(H,28,31). The molecule has 0 aliphatic rings. The van der Waals surface area contributed by atoms with E-state index < -0.39 is 0 Å². The summed E-state index contributed by atoms with van der Waals surface area (Å²) >= 11 is 0. The minimum absolute atomic E-state index is 0.162. The number of aromatic nitrogens is 4. The van der Waals surface area contributed by atoms with Gasteiger partial charge in [0.25, 0.3) is 5.91 Å². The van der Waals surface area contributed by atoms with Crippen LogP contribution < -0.4 is 10.6 Å². The third-order valence-electron chi connectivity index (χ3n) is 4.86. The Morgan fingerprint density at radius 1 is 1.03 bits per heavy atom. The lowest BCUT2D eigenvalue weighted by molar-refractivity contribution is 0.0950. The summed E-state index contributed by atoms with van der Waals surface area (Å²) in [6.45, 7) is 1.19. The molecule has 1 aromatic carbocycles. The molecule has 2 N–H and O–H groups in total. The fourth-order valence-corrected chi connectivity index (χ4v) is 3.26. The lowest BCUT2D eigenvalue weighted by Gasteiger charge is -2.12. The highest BCUT2D eigenvalue weighted by Gasteiger charge is 2.09. The Morgan fingerprint density at radius 2 is 1.94 bits per heavy atom. The first-order valence-corrected chi connectivity index (χ1v) is 10.1. The van der Waals surface area contributed by atoms with Gasteiger partial charge in [-0.25, -0.2) is 4.98 Å². The van der Waals surface area contributed by atoms with E-state index in [1.807, 2.05) is 66.6 Å². The van der Waals surface area contributed by atoms with Crippen molar-refractivity contribution in [3.05, 3.63) is 96.5 Å². The molecule has 7 heteroatoms. The zero-order valence-electron chi connectivity index (χ0n) is 17.3. The van der Waals surface area contributed by atoms with Crippen LogP contribution in [-0.2, 0) is 20.0 Å². The zero-order valence-corrected chi connectivity index (χ0v) is 17.3. The van der Waals surface area contributed by atoms with Crippen LogP contribution >= 0.6 is 0 Å². The molecule has 0 aliphatic carbocycles. The molecular formula is C24H24N6O. The fraction of sp³-hybridized carbons (Fsp3) is 0.167. The first-order chi connectivity index (χ1) is 15.2. The van der Waals surface area contributed by atoms with Gasteiger partial charge in [-0.3, -0.25) is 14.8 Å². The van der Waals surface area contributed by atoms with Crippen LogP contribution in [0.5, 0.6) is 0 Å². The number of pyridine rings is 2. The molecular weight excluding hydrogens is 388 g/mol. The molecule has 7 nitrogen and oxygen atoms in total. The van der Waals surface area contributed by atoms with Crippen molar-refractivity contribution in [3.63, 3.8) is 0 Å². The van der Waals surface area contributed by atoms with Crippen molar-refractivity contribution in [2.75, 3.05) is 11.9 Å². The van der Waals surface area contributed by atoms with Crippen molar-refractivity contribution >= 4 is 11.6 Å². The molecule has 4 rings (SSSR count). The molecule has 0 fully saturated rings. The summed E-state index contributed by atoms with van der Waals surface area (Å²) in [7, 11) is 1.97. The van der Waals surface area contributed by atoms with Gasteiger partial charge in [-0.15, -0.1) is 0 Å². The Bertz CT molecular complexity index is 1140. The maximum atomic E-state index is 12.4. The van der Waals surface area contributed by atoms with E-state index in [1.165, 1.54) is 0 Å². The number of rotatable bonds is 8. The van der Waals surface area contributed by atoms with E-state index in [9.17, 15) is 4.79 Å². The number of carbonyl (C=O) groups excluding carboxylic acids is 1. The van der Waals surface area contributed by atoms with Gasteiger partial charge in [-0.2, -0.15) is 0 Å². The predicted molar refractivity (Wildman–Crippen MR) is 120 cm³/mol. The molecule has 4 aromatic rings. The average molecular weight is 412 g/mol. The van der Waals surface area contributed by atoms with Gasteiger partial charge in [0.1, 0.15) is 0 Å². The van der Waals surface area contributed by atoms with E-state index in [2.05, 4.69) is 25.6 Å². The molecule has 3 aromatic heterocycles. The second kappa shape index (κ2) is 9.67. The normalized spacial score (nSPS) is 10.6. The van der Waals surface area contributed by atoms with Crippen LogP contribution in [0.4, 0.5) is 5.69 Å². The summed E-state index contributed by atoms with van der Waals surface area (Å²) in [4.78, 5) is 25.4. The fourth-order valence-electron chi connectivity index (χ4n) is 3.26. The molecule has 0 aliphatic heterocycles. The lowest BCUT2D eigenvalue weighted by Crippen LogP contribution is -2.22. The first-order valence-electron chi connectivity index (χ1n) is 10.1. The first kappa shape index (κ1) is 20.3. The Balaban J connectivity index is 1.39. The number of para-hydroxylation sites is 1. The molecule has 3 heterocycles. The Hall–Kier alpha value is -4.00. The number of imidazole rings is 1. The molecule has 0 spiro atoms. The molecule has 0 saturated heterocycles. The average Bonchev–Trinajstić information content (AvgIpc) is 3.23. The summed E-state index contributed by atoms with van der Waals surface area (Å²) in [5.74, 6) is -0.162. The van der Waals surface area contributed by atoms with E-state index >= 15 is 0 Å². The van der Waals surface area contributed by atoms with Gasteiger partial charge in [-0.05, 0) is 29.8 Å². The molecule has 0 saturated carbocycles. The van der Waals surface area contributed by atoms with Crippen molar-refractivity contribution < 1.29 is 4.79 Å². The summed E-state index contributed by atoms with van der Waals surface area (Å²) in [5, 5.41) is 6.36. The summed E-state index contributed by atoms with van der Waals surface area (Å²) in [5.41, 5.74) is 5.32. The largest absolute Gasteiger partial charge is 0.384 e. The van der Waals surface area contributed by atoms with Crippen molar-refractivity contribution in [3.8, 4) is 11.3 Å². The number of nitrogens with one attached hydrogen (secondary N) is 2. The van der Waals surface area contributed by atoms with Crippen LogP contribution in [0.15, 0.2) is 79.6 Å². The van der Waals surface area contributed by atoms with Crippen LogP contribution in [0.2, 0.25) is 0 Å². The van der Waals surface area contributed by atoms with Gasteiger partial charge in [0.05, 0.1) is 23.3 Å². The minimum Gasteiger partial charge on any atom is -0.384 e. The van der Waals surface area contributed by atoms with E-state index in [1.54, 1.807) is 24.7 Å². The number of anilines is 1. The highest BCUT2D eigenvalue weighted by Crippen LogP contribution is 2.26. The smallest absolute Gasteiger partial charge is 0.253 e. The van der Waals surface area contributed by atoms with Gasteiger partial charge in [-0.1, -0.05) is 24.3 Å². The Morgan fingerprint density at radius 3 is 2.68 bits per heavy atom. The number of benzene rings is 1. The van der Waals surface area contributed by atoms with Crippen LogP contribution in [0.3, 0.4) is 0 Å². The molecule has 156 valence electrons. The SMILES string of the molecule is Cn1cnc(CCNc2ccccc2-c2ccc(C(=O)NCc3cccnc3)cn2)c1. The number of nitrogens with zero attached hydrogens (tertiary/aromatic N) is 4. The van der Waals surface area contributed by atoms with Gasteiger partial charge >= 0.3 is 0 Å². The predicted octanol–water partition coefficient (Wildman–Crippen LogP) is 3.46. The highest BCUT2D eigenvalue weighted by atomic mass is 16.1. The van der Waals surface area contributed by atoms with E-state index in [-0.39, 0.29) is 5.91 Å². The lowest BCUT2D eigenvalue weighted by atomic mass is 10.1. The third kappa shape index (κ3) is 5.33. The number of aryl methyl sites for hydroxylation is 1. The van der Waals surface area contributed by atoms with E-state index in [0.29, 0.717) is 12.1 Å². The van der Waals surface area contributed by atoms with Crippen LogP contribution in [-0.4, -0.2) is 32.0 Å². The molecule has 1 amide bonds. The van der Waals surface area contributed by atoms with Gasteiger partial charge in [0.15, 0.2) is 0 Å². The minimum atomic E-state index is -0.162. The molecule has 0 atom stereocenters. The maximum absolute atomic E-state index is 12.4. The van der Waals surface area contributed by atoms with Gasteiger partial charge in [0, 0.05) is 62.6 Å². The molecule has 0 unspecified atom stereocenters. The topological polar surface area (TPSA) is 84.7 Å². The van der Waals surface area contributed by atoms with Crippen LogP contribution in [0.1, 0.15) is 21.6 Å². The number of hydrogen-bond donors (Lipinski definition) is 2. The van der Waals surface area contributed by atoms with E-state index in [0.717, 1.165) is 41.2 Å². The summed E-state index contributed by atoms with van der Waals surface area (Å²) < 4.78 is 1.95. The summed E-state index contributed by atoms with van der Waals surface area (Å²) in [6, 6.07) is 15.5. The third-order valence-corrected chi connectivity index (χ3v) is 4.86. The van der Waals surface area contributed by atoms with Crippen molar-refractivity contribution in [1.82, 2.24) is 24.8 Å². The van der Waals surface area contributed by atoms with Crippen LogP contribution in [0, 0.1) is 0 Å². The monoisotopic (exact) mass is 412 g/mol. The van der Waals surface area contributed by atoms with Gasteiger partial charge < -0.3 is 15.2 Å². The van der Waals surface area contributed by atoms with Crippen molar-refractivity contribution in [2.24, 2.45) is 7.05 Å². The second-order valence-electron chi connectivity index (χ2n) is 7.23. The second-order valence-corrected chi connectivity index (χ2v) is 7.23. The number of amides is 1. The van der Waals surface area contributed by atoms with Crippen molar-refractivity contribution in [2.45, 2.75) is 13.0 Å². The molecule has 31 heavy (non-hydrogen) atoms. The summed E-state index contributed by atoms with van der Waals surface area (Å²) in [6.07, 6.45) is 9.71. The molecule has 0 bridgehead atoms. The Kier molecular flexibility index (Phi) is 6.32. The zero-order chi connectivity index (χ0) is 21.5. The van der Waals surface area contributed by atoms with Gasteiger partial charge in [0.2, 0.25) is 0 Å². The number of hydrogen-bond acceptors (Lipinski definition) is 5. The quantitative estimate of drug-likeness (QED) is 0.463. The Labute approximate surface area is 181 Å². The highest BCUT2D eigenvalue weighted by molar-refractivity contribution is 5.94. The molecule has 0 radical (unpaired) electrons. The van der Waals surface area contributed by atoms with Crippen molar-refractivity contribution in [1.29, 1.82) is 0 Å².